The number of nitrogens with zero attached hydrogens (tertiary/aromatic N) is 3. The number of anilines is 1. The van der Waals surface area contributed by atoms with Crippen LogP contribution in [0.15, 0.2) is 24.3 Å². The van der Waals surface area contributed by atoms with E-state index >= 15 is 0 Å². The Morgan fingerprint density at radius 2 is 1.85 bits per heavy atom. The van der Waals surface area contributed by atoms with Crippen molar-refractivity contribution in [3.05, 3.63) is 29.8 Å². The van der Waals surface area contributed by atoms with Gasteiger partial charge in [-0.05, 0) is 37.8 Å². The Hall–Kier alpha value is -2.63. The summed E-state index contributed by atoms with van der Waals surface area (Å²) in [4.78, 5) is 22.3. The lowest BCUT2D eigenvalue weighted by molar-refractivity contribution is 0.0941. The smallest absolute Gasteiger partial charge is 0.257 e. The van der Waals surface area contributed by atoms with E-state index in [-0.39, 0.29) is 11.9 Å². The maximum atomic E-state index is 12.9. The molecule has 6 heteroatoms. The largest absolute Gasteiger partial charge is 0.384 e. The van der Waals surface area contributed by atoms with Crippen molar-refractivity contribution in [2.24, 2.45) is 5.92 Å². The Morgan fingerprint density at radius 1 is 1.19 bits per heavy atom. The van der Waals surface area contributed by atoms with Crippen LogP contribution in [-0.4, -0.2) is 26.5 Å². The fourth-order valence-corrected chi connectivity index (χ4v) is 2.95. The second-order valence-corrected chi connectivity index (χ2v) is 7.26. The average molecular weight is 353 g/mol. The molecular weight excluding hydrogens is 326 g/mol. The zero-order valence-electron chi connectivity index (χ0n) is 15.9. The van der Waals surface area contributed by atoms with E-state index in [1.54, 1.807) is 0 Å². The molecule has 1 unspecified atom stereocenters. The normalized spacial score (nSPS) is 12.8. The van der Waals surface area contributed by atoms with Gasteiger partial charge in [-0.2, -0.15) is 0 Å². The molecule has 0 spiro atoms. The molecule has 1 atom stereocenters. The van der Waals surface area contributed by atoms with Crippen molar-refractivity contribution in [1.82, 2.24) is 19.9 Å². The summed E-state index contributed by atoms with van der Waals surface area (Å²) in [5, 5.41) is 3.01. The standard InChI is InChI=1S/C20H27N5O/c1-5-13(4)22-20(26)16-17-19(25(18(16)21)11-10-12(2)3)24-15-9-7-6-8-14(15)23-17/h6-9,12-13H,5,10-11,21H2,1-4H3,(H,22,26). The highest BCUT2D eigenvalue weighted by atomic mass is 16.1. The molecule has 138 valence electrons. The van der Waals surface area contributed by atoms with Crippen molar-refractivity contribution in [2.75, 3.05) is 5.73 Å². The third kappa shape index (κ3) is 3.36. The third-order valence-electron chi connectivity index (χ3n) is 4.74. The van der Waals surface area contributed by atoms with Gasteiger partial charge in [0.15, 0.2) is 5.65 Å². The first-order valence-corrected chi connectivity index (χ1v) is 9.27. The van der Waals surface area contributed by atoms with Crippen molar-refractivity contribution >= 4 is 33.9 Å². The maximum absolute atomic E-state index is 12.9. The lowest BCUT2D eigenvalue weighted by atomic mass is 10.1. The predicted octanol–water partition coefficient (Wildman–Crippen LogP) is 3.74. The minimum atomic E-state index is -0.185. The van der Waals surface area contributed by atoms with Crippen LogP contribution in [0.2, 0.25) is 0 Å². The summed E-state index contributed by atoms with van der Waals surface area (Å²) >= 11 is 0. The van der Waals surface area contributed by atoms with Crippen molar-refractivity contribution in [3.63, 3.8) is 0 Å². The molecule has 3 N–H and O–H groups in total. The molecule has 3 aromatic rings. The van der Waals surface area contributed by atoms with Crippen LogP contribution in [0.4, 0.5) is 5.82 Å². The number of nitrogen functional groups attached to an aromatic ring is 1. The van der Waals surface area contributed by atoms with E-state index in [1.165, 1.54) is 0 Å². The first-order valence-electron chi connectivity index (χ1n) is 9.27. The maximum Gasteiger partial charge on any atom is 0.257 e. The topological polar surface area (TPSA) is 85.8 Å². The number of para-hydroxylation sites is 2. The van der Waals surface area contributed by atoms with Crippen LogP contribution in [0, 0.1) is 5.92 Å². The van der Waals surface area contributed by atoms with Crippen LogP contribution in [0.5, 0.6) is 0 Å². The highest BCUT2D eigenvalue weighted by Gasteiger charge is 2.24. The fourth-order valence-electron chi connectivity index (χ4n) is 2.95. The van der Waals surface area contributed by atoms with Crippen molar-refractivity contribution in [3.8, 4) is 0 Å². The lowest BCUT2D eigenvalue weighted by Gasteiger charge is -2.12. The summed E-state index contributed by atoms with van der Waals surface area (Å²) in [6, 6.07) is 7.76. The lowest BCUT2D eigenvalue weighted by Crippen LogP contribution is -2.32. The number of aryl methyl sites for hydroxylation is 1. The van der Waals surface area contributed by atoms with Crippen LogP contribution < -0.4 is 11.1 Å². The number of fused-ring (bicyclic) bond motifs is 2. The minimum Gasteiger partial charge on any atom is -0.384 e. The molecule has 0 radical (unpaired) electrons. The van der Waals surface area contributed by atoms with Crippen molar-refractivity contribution in [1.29, 1.82) is 0 Å². The van der Waals surface area contributed by atoms with Crippen molar-refractivity contribution < 1.29 is 4.79 Å². The molecule has 0 aliphatic heterocycles. The number of benzene rings is 1. The van der Waals surface area contributed by atoms with Gasteiger partial charge in [-0.25, -0.2) is 9.97 Å². The zero-order valence-corrected chi connectivity index (χ0v) is 15.9. The summed E-state index contributed by atoms with van der Waals surface area (Å²) in [6.07, 6.45) is 1.81. The number of hydrogen-bond donors (Lipinski definition) is 2. The Morgan fingerprint density at radius 3 is 2.46 bits per heavy atom. The summed E-state index contributed by atoms with van der Waals surface area (Å²) in [7, 11) is 0. The zero-order chi connectivity index (χ0) is 18.8. The Bertz CT molecular complexity index is 944. The first-order chi connectivity index (χ1) is 12.4. The number of carbonyl (C=O) groups is 1. The molecule has 1 amide bonds. The Balaban J connectivity index is 2.19. The van der Waals surface area contributed by atoms with E-state index in [0.717, 1.165) is 23.9 Å². The third-order valence-corrected chi connectivity index (χ3v) is 4.74. The Labute approximate surface area is 153 Å². The molecular formula is C20H27N5O. The van der Waals surface area contributed by atoms with Crippen LogP contribution in [-0.2, 0) is 6.54 Å². The molecule has 0 aliphatic carbocycles. The number of amides is 1. The highest BCUT2D eigenvalue weighted by Crippen LogP contribution is 2.28. The van der Waals surface area contributed by atoms with Gasteiger partial charge in [-0.1, -0.05) is 32.9 Å². The van der Waals surface area contributed by atoms with Gasteiger partial charge < -0.3 is 15.6 Å². The molecule has 0 aliphatic rings. The van der Waals surface area contributed by atoms with Crippen LogP contribution in [0.3, 0.4) is 0 Å². The summed E-state index contributed by atoms with van der Waals surface area (Å²) < 4.78 is 1.93. The van der Waals surface area contributed by atoms with E-state index in [0.29, 0.717) is 35.0 Å². The molecule has 0 saturated heterocycles. The minimum absolute atomic E-state index is 0.0735. The molecule has 0 saturated carbocycles. The number of nitrogens with two attached hydrogens (primary N) is 1. The molecule has 3 rings (SSSR count). The van der Waals surface area contributed by atoms with E-state index < -0.39 is 0 Å². The predicted molar refractivity (Wildman–Crippen MR) is 106 cm³/mol. The van der Waals surface area contributed by atoms with Gasteiger partial charge in [0.25, 0.3) is 5.91 Å². The van der Waals surface area contributed by atoms with Gasteiger partial charge in [-0.15, -0.1) is 0 Å². The van der Waals surface area contributed by atoms with Crippen LogP contribution in [0.1, 0.15) is 50.9 Å². The monoisotopic (exact) mass is 353 g/mol. The molecule has 2 aromatic heterocycles. The molecule has 0 fully saturated rings. The van der Waals surface area contributed by atoms with E-state index in [4.69, 9.17) is 15.7 Å². The molecule has 1 aromatic carbocycles. The van der Waals surface area contributed by atoms with Gasteiger partial charge >= 0.3 is 0 Å². The van der Waals surface area contributed by atoms with E-state index in [9.17, 15) is 4.79 Å². The van der Waals surface area contributed by atoms with Gasteiger partial charge in [0.2, 0.25) is 0 Å². The molecule has 0 bridgehead atoms. The molecule has 26 heavy (non-hydrogen) atoms. The van der Waals surface area contributed by atoms with Gasteiger partial charge in [-0.3, -0.25) is 4.79 Å². The Kier molecular flexibility index (Phi) is 5.11. The second kappa shape index (κ2) is 7.32. The van der Waals surface area contributed by atoms with E-state index in [2.05, 4.69) is 19.2 Å². The van der Waals surface area contributed by atoms with Gasteiger partial charge in [0.05, 0.1) is 11.0 Å². The summed E-state index contributed by atoms with van der Waals surface area (Å²) in [5.41, 5.74) is 9.66. The quantitative estimate of drug-likeness (QED) is 0.707. The number of rotatable bonds is 6. The second-order valence-electron chi connectivity index (χ2n) is 7.26. The molecule has 6 nitrogen and oxygen atoms in total. The highest BCUT2D eigenvalue weighted by molar-refractivity contribution is 6.10. The first kappa shape index (κ1) is 18.2. The summed E-state index contributed by atoms with van der Waals surface area (Å²) in [5.74, 6) is 0.782. The van der Waals surface area contributed by atoms with Crippen LogP contribution in [0.25, 0.3) is 22.2 Å². The summed E-state index contributed by atoms with van der Waals surface area (Å²) in [6.45, 7) is 9.06. The fraction of sp³-hybridized carbons (Fsp3) is 0.450. The van der Waals surface area contributed by atoms with E-state index in [1.807, 2.05) is 42.7 Å². The van der Waals surface area contributed by atoms with Gasteiger partial charge in [0.1, 0.15) is 16.9 Å². The number of nitrogens with one attached hydrogen (secondary N) is 1. The van der Waals surface area contributed by atoms with Gasteiger partial charge in [0, 0.05) is 12.6 Å². The number of hydrogen-bond acceptors (Lipinski definition) is 4. The SMILES string of the molecule is CCC(C)NC(=O)c1c(N)n(CCC(C)C)c2nc3ccccc3nc12. The van der Waals surface area contributed by atoms with Crippen LogP contribution >= 0.6 is 0 Å². The number of aromatic nitrogens is 3. The van der Waals surface area contributed by atoms with Crippen molar-refractivity contribution in [2.45, 2.75) is 53.1 Å². The average Bonchev–Trinajstić information content (AvgIpc) is 2.88. The number of carbonyl (C=O) groups excluding carboxylic acids is 1. The molecule has 2 heterocycles.